The van der Waals surface area contributed by atoms with E-state index < -0.39 is 0 Å². The van der Waals surface area contributed by atoms with E-state index in [0.717, 1.165) is 36.9 Å². The molecule has 0 radical (unpaired) electrons. The number of nitrogens with zero attached hydrogens (tertiary/aromatic N) is 5. The highest BCUT2D eigenvalue weighted by atomic mass is 15.3. The molecule has 6 nitrogen and oxygen atoms in total. The second kappa shape index (κ2) is 5.97. The Hall–Kier alpha value is -1.69. The molecule has 21 heavy (non-hydrogen) atoms. The Bertz CT molecular complexity index is 605. The van der Waals surface area contributed by atoms with Crippen LogP contribution in [0.4, 0.5) is 5.82 Å². The Labute approximate surface area is 125 Å². The van der Waals surface area contributed by atoms with Gasteiger partial charge in [0.25, 0.3) is 0 Å². The van der Waals surface area contributed by atoms with Gasteiger partial charge in [0.05, 0.1) is 0 Å². The van der Waals surface area contributed by atoms with E-state index in [1.54, 1.807) is 0 Å². The van der Waals surface area contributed by atoms with Crippen LogP contribution in [0.1, 0.15) is 32.5 Å². The van der Waals surface area contributed by atoms with Crippen LogP contribution in [0, 0.1) is 12.8 Å². The number of aryl methyl sites for hydroxylation is 1. The fourth-order valence-corrected chi connectivity index (χ4v) is 2.98. The molecule has 1 aliphatic rings. The van der Waals surface area contributed by atoms with Crippen LogP contribution in [0.3, 0.4) is 0 Å². The highest BCUT2D eigenvalue weighted by Crippen LogP contribution is 2.24. The summed E-state index contributed by atoms with van der Waals surface area (Å²) in [5.41, 5.74) is 0.868. The molecule has 1 atom stereocenters. The molecule has 1 aliphatic heterocycles. The lowest BCUT2D eigenvalue weighted by atomic mass is 9.98. The first-order chi connectivity index (χ1) is 10.1. The summed E-state index contributed by atoms with van der Waals surface area (Å²) in [6.45, 7) is 9.52. The molecule has 1 fully saturated rings. The minimum Gasteiger partial charge on any atom is -0.353 e. The maximum atomic E-state index is 4.56. The summed E-state index contributed by atoms with van der Waals surface area (Å²) in [7, 11) is 0. The maximum Gasteiger partial charge on any atom is 0.203 e. The maximum absolute atomic E-state index is 4.56. The van der Waals surface area contributed by atoms with Crippen molar-refractivity contribution in [2.24, 2.45) is 5.92 Å². The molecule has 1 unspecified atom stereocenters. The third kappa shape index (κ3) is 3.00. The summed E-state index contributed by atoms with van der Waals surface area (Å²) >= 11 is 0. The number of hydrogen-bond acceptors (Lipinski definition) is 5. The summed E-state index contributed by atoms with van der Waals surface area (Å²) in [5, 5.41) is 12.0. The van der Waals surface area contributed by atoms with Crippen LogP contribution in [0.15, 0.2) is 12.4 Å². The van der Waals surface area contributed by atoms with Gasteiger partial charge in [0.2, 0.25) is 5.65 Å². The molecule has 0 bridgehead atoms. The first-order valence-corrected chi connectivity index (χ1v) is 7.80. The van der Waals surface area contributed by atoms with E-state index >= 15 is 0 Å². The molecule has 0 amide bonds. The molecule has 0 aliphatic carbocycles. The molecule has 0 aromatic carbocycles. The van der Waals surface area contributed by atoms with E-state index in [9.17, 15) is 0 Å². The number of fused-ring (bicyclic) bond motifs is 1. The quantitative estimate of drug-likeness (QED) is 0.927. The average molecular weight is 288 g/mol. The van der Waals surface area contributed by atoms with Crippen LogP contribution in [0.2, 0.25) is 0 Å². The third-order valence-electron chi connectivity index (χ3n) is 4.11. The summed E-state index contributed by atoms with van der Waals surface area (Å²) in [4.78, 5) is 6.92. The zero-order valence-corrected chi connectivity index (χ0v) is 13.1. The van der Waals surface area contributed by atoms with Crippen LogP contribution >= 0.6 is 0 Å². The predicted molar refractivity (Wildman–Crippen MR) is 83.6 cm³/mol. The third-order valence-corrected chi connectivity index (χ3v) is 4.11. The fraction of sp³-hybridized carbons (Fsp3) is 0.667. The van der Waals surface area contributed by atoms with Crippen molar-refractivity contribution in [1.29, 1.82) is 0 Å². The molecule has 0 spiro atoms. The normalized spacial score (nSPS) is 19.6. The molecule has 2 aromatic heterocycles. The van der Waals surface area contributed by atoms with Crippen molar-refractivity contribution in [3.8, 4) is 0 Å². The molecule has 3 rings (SSSR count). The molecule has 6 heteroatoms. The number of rotatable bonds is 4. The molecule has 1 N–H and O–H groups in total. The van der Waals surface area contributed by atoms with Gasteiger partial charge in [-0.05, 0) is 32.2 Å². The molecular weight excluding hydrogens is 264 g/mol. The molecular formula is C15H24N6. The van der Waals surface area contributed by atoms with E-state index in [-0.39, 0.29) is 0 Å². The van der Waals surface area contributed by atoms with E-state index in [4.69, 9.17) is 0 Å². The number of hydrogen-bond donors (Lipinski definition) is 1. The first-order valence-electron chi connectivity index (χ1n) is 7.80. The highest BCUT2D eigenvalue weighted by molar-refractivity contribution is 5.63. The Morgan fingerprint density at radius 3 is 3.05 bits per heavy atom. The predicted octanol–water partition coefficient (Wildman–Crippen LogP) is 1.65. The summed E-state index contributed by atoms with van der Waals surface area (Å²) in [5.74, 6) is 2.54. The molecule has 114 valence electrons. The smallest absolute Gasteiger partial charge is 0.203 e. The number of piperidine rings is 1. The van der Waals surface area contributed by atoms with Crippen molar-refractivity contribution in [1.82, 2.24) is 24.9 Å². The Morgan fingerprint density at radius 1 is 1.38 bits per heavy atom. The van der Waals surface area contributed by atoms with Crippen LogP contribution in [0.25, 0.3) is 5.65 Å². The Balaban J connectivity index is 1.78. The SMILES string of the molecule is Cc1nnc2c(N3CCCC(CNC(C)C)C3)nccn12. The molecule has 1 saturated heterocycles. The molecule has 2 aromatic rings. The standard InChI is InChI=1S/C15H24N6/c1-11(2)17-9-13-5-4-7-20(10-13)14-15-19-18-12(3)21(15)8-6-16-14/h6,8,11,13,17H,4-5,7,9-10H2,1-3H3. The van der Waals surface area contributed by atoms with Gasteiger partial charge in [-0.15, -0.1) is 10.2 Å². The summed E-state index contributed by atoms with van der Waals surface area (Å²) < 4.78 is 2.01. The van der Waals surface area contributed by atoms with Gasteiger partial charge >= 0.3 is 0 Å². The number of nitrogens with one attached hydrogen (secondary N) is 1. The second-order valence-corrected chi connectivity index (χ2v) is 6.21. The Morgan fingerprint density at radius 2 is 2.24 bits per heavy atom. The van der Waals surface area contributed by atoms with Gasteiger partial charge in [-0.25, -0.2) is 4.98 Å². The second-order valence-electron chi connectivity index (χ2n) is 6.21. The lowest BCUT2D eigenvalue weighted by Crippen LogP contribution is -2.41. The van der Waals surface area contributed by atoms with Gasteiger partial charge in [-0.1, -0.05) is 13.8 Å². The van der Waals surface area contributed by atoms with E-state index in [0.29, 0.717) is 12.0 Å². The van der Waals surface area contributed by atoms with Crippen molar-refractivity contribution in [2.45, 2.75) is 39.7 Å². The lowest BCUT2D eigenvalue weighted by molar-refractivity contribution is 0.378. The van der Waals surface area contributed by atoms with Gasteiger partial charge in [-0.3, -0.25) is 4.40 Å². The summed E-state index contributed by atoms with van der Waals surface area (Å²) in [6.07, 6.45) is 6.26. The van der Waals surface area contributed by atoms with Gasteiger partial charge in [-0.2, -0.15) is 0 Å². The van der Waals surface area contributed by atoms with E-state index in [1.165, 1.54) is 12.8 Å². The van der Waals surface area contributed by atoms with Gasteiger partial charge < -0.3 is 10.2 Å². The van der Waals surface area contributed by atoms with Crippen molar-refractivity contribution >= 4 is 11.5 Å². The van der Waals surface area contributed by atoms with Gasteiger partial charge in [0.15, 0.2) is 5.82 Å². The zero-order valence-electron chi connectivity index (χ0n) is 13.1. The van der Waals surface area contributed by atoms with E-state index in [2.05, 4.69) is 39.2 Å². The van der Waals surface area contributed by atoms with Crippen LogP contribution < -0.4 is 10.2 Å². The van der Waals surface area contributed by atoms with Crippen LogP contribution in [0.5, 0.6) is 0 Å². The minimum absolute atomic E-state index is 0.543. The van der Waals surface area contributed by atoms with E-state index in [1.807, 2.05) is 23.7 Å². The number of aromatic nitrogens is 4. The van der Waals surface area contributed by atoms with Gasteiger partial charge in [0, 0.05) is 31.5 Å². The Kier molecular flexibility index (Phi) is 4.05. The van der Waals surface area contributed by atoms with Crippen molar-refractivity contribution in [3.05, 3.63) is 18.2 Å². The highest BCUT2D eigenvalue weighted by Gasteiger charge is 2.23. The monoisotopic (exact) mass is 288 g/mol. The minimum atomic E-state index is 0.543. The van der Waals surface area contributed by atoms with Crippen LogP contribution in [-0.4, -0.2) is 45.3 Å². The fourth-order valence-electron chi connectivity index (χ4n) is 2.98. The molecule has 0 saturated carbocycles. The van der Waals surface area contributed by atoms with Crippen molar-refractivity contribution in [2.75, 3.05) is 24.5 Å². The largest absolute Gasteiger partial charge is 0.353 e. The number of anilines is 1. The first kappa shape index (κ1) is 14.3. The lowest BCUT2D eigenvalue weighted by Gasteiger charge is -2.34. The average Bonchev–Trinajstić information content (AvgIpc) is 2.87. The summed E-state index contributed by atoms with van der Waals surface area (Å²) in [6, 6.07) is 0.543. The van der Waals surface area contributed by atoms with Crippen LogP contribution in [-0.2, 0) is 0 Å². The van der Waals surface area contributed by atoms with Gasteiger partial charge in [0.1, 0.15) is 5.82 Å². The topological polar surface area (TPSA) is 58.4 Å². The van der Waals surface area contributed by atoms with Crippen molar-refractivity contribution in [3.63, 3.8) is 0 Å². The molecule has 3 heterocycles. The van der Waals surface area contributed by atoms with Crippen molar-refractivity contribution < 1.29 is 0 Å². The zero-order chi connectivity index (χ0) is 14.8.